The second kappa shape index (κ2) is 4.20. The Labute approximate surface area is 92.1 Å². The van der Waals surface area contributed by atoms with E-state index in [0.29, 0.717) is 11.8 Å². The lowest BCUT2D eigenvalue weighted by Crippen LogP contribution is -2.25. The number of halogens is 3. The van der Waals surface area contributed by atoms with E-state index in [-0.39, 0.29) is 9.83 Å². The number of aromatic nitrogens is 3. The van der Waals surface area contributed by atoms with Crippen LogP contribution >= 0.6 is 11.8 Å². The van der Waals surface area contributed by atoms with E-state index in [1.165, 1.54) is 6.92 Å². The van der Waals surface area contributed by atoms with Crippen LogP contribution < -0.4 is 11.6 Å². The standard InChI is InChI=1S/C6H8F3N5OS/c1-2(3(10)15)16-5-13-12-4(14(5)11)6(7,8)9/h2H,11H2,1H3,(H2,10,15)/t2-/m1/s1. The summed E-state index contributed by atoms with van der Waals surface area (Å²) in [5, 5.41) is 5.15. The molecule has 1 aromatic rings. The number of nitrogens with two attached hydrogens (primary N) is 2. The summed E-state index contributed by atoms with van der Waals surface area (Å²) in [4.78, 5) is 10.7. The lowest BCUT2D eigenvalue weighted by Gasteiger charge is -2.07. The van der Waals surface area contributed by atoms with Crippen molar-refractivity contribution in [3.63, 3.8) is 0 Å². The molecule has 0 aliphatic rings. The third-order valence-corrected chi connectivity index (χ3v) is 2.68. The molecule has 90 valence electrons. The molecule has 0 aliphatic heterocycles. The Balaban J connectivity index is 2.93. The number of alkyl halides is 3. The van der Waals surface area contributed by atoms with Crippen LogP contribution in [0.25, 0.3) is 0 Å². The Morgan fingerprint density at radius 3 is 2.44 bits per heavy atom. The van der Waals surface area contributed by atoms with Crippen LogP contribution in [-0.4, -0.2) is 26.0 Å². The predicted octanol–water partition coefficient (Wildman–Crippen LogP) is -0.0234. The predicted molar refractivity (Wildman–Crippen MR) is 49.7 cm³/mol. The van der Waals surface area contributed by atoms with E-state index in [2.05, 4.69) is 10.2 Å². The van der Waals surface area contributed by atoms with Crippen molar-refractivity contribution in [2.45, 2.75) is 23.5 Å². The first-order valence-corrected chi connectivity index (χ1v) is 4.85. The highest BCUT2D eigenvalue weighted by atomic mass is 32.2. The number of nitrogens with zero attached hydrogens (tertiary/aromatic N) is 3. The van der Waals surface area contributed by atoms with E-state index in [4.69, 9.17) is 11.6 Å². The summed E-state index contributed by atoms with van der Waals surface area (Å²) >= 11 is 0.705. The number of thioether (sulfide) groups is 1. The Kier molecular flexibility index (Phi) is 3.31. The molecule has 16 heavy (non-hydrogen) atoms. The maximum atomic E-state index is 12.3. The van der Waals surface area contributed by atoms with E-state index in [0.717, 1.165) is 0 Å². The molecule has 0 saturated heterocycles. The number of hydrogen-bond acceptors (Lipinski definition) is 5. The van der Waals surface area contributed by atoms with Gasteiger partial charge in [0.25, 0.3) is 5.82 Å². The number of carbonyl (C=O) groups excluding carboxylic acids is 1. The quantitative estimate of drug-likeness (QED) is 0.584. The van der Waals surface area contributed by atoms with Gasteiger partial charge in [-0.3, -0.25) is 4.79 Å². The Hall–Kier alpha value is -1.45. The molecule has 0 aliphatic carbocycles. The fourth-order valence-electron chi connectivity index (χ4n) is 0.767. The molecule has 10 heteroatoms. The molecule has 6 nitrogen and oxygen atoms in total. The van der Waals surface area contributed by atoms with Crippen molar-refractivity contribution in [2.75, 3.05) is 5.84 Å². The van der Waals surface area contributed by atoms with E-state index in [9.17, 15) is 18.0 Å². The van der Waals surface area contributed by atoms with E-state index in [1.807, 2.05) is 0 Å². The van der Waals surface area contributed by atoms with Gasteiger partial charge in [-0.1, -0.05) is 11.8 Å². The number of hydrogen-bond donors (Lipinski definition) is 2. The maximum absolute atomic E-state index is 12.3. The minimum atomic E-state index is -4.68. The smallest absolute Gasteiger partial charge is 0.369 e. The van der Waals surface area contributed by atoms with Crippen LogP contribution in [0.2, 0.25) is 0 Å². The third-order valence-electron chi connectivity index (χ3n) is 1.60. The van der Waals surface area contributed by atoms with Crippen LogP contribution in [0.4, 0.5) is 13.2 Å². The summed E-state index contributed by atoms with van der Waals surface area (Å²) in [5.74, 6) is 3.13. The molecule has 0 radical (unpaired) electrons. The maximum Gasteiger partial charge on any atom is 0.453 e. The van der Waals surface area contributed by atoms with Crippen molar-refractivity contribution >= 4 is 17.7 Å². The topological polar surface area (TPSA) is 99.8 Å². The van der Waals surface area contributed by atoms with Gasteiger partial charge in [-0.2, -0.15) is 13.2 Å². The third kappa shape index (κ3) is 2.56. The highest BCUT2D eigenvalue weighted by molar-refractivity contribution is 8.00. The van der Waals surface area contributed by atoms with Gasteiger partial charge in [0.15, 0.2) is 0 Å². The molecule has 1 heterocycles. The summed E-state index contributed by atoms with van der Waals surface area (Å²) < 4.78 is 37.0. The van der Waals surface area contributed by atoms with Gasteiger partial charge in [-0.05, 0) is 6.92 Å². The zero-order valence-electron chi connectivity index (χ0n) is 8.02. The van der Waals surface area contributed by atoms with Crippen molar-refractivity contribution in [2.24, 2.45) is 5.73 Å². The Morgan fingerprint density at radius 2 is 2.06 bits per heavy atom. The van der Waals surface area contributed by atoms with Crippen LogP contribution in [0.5, 0.6) is 0 Å². The second-order valence-corrected chi connectivity index (χ2v) is 4.14. The number of rotatable bonds is 3. The van der Waals surface area contributed by atoms with Crippen LogP contribution in [0, 0.1) is 0 Å². The minimum absolute atomic E-state index is 0.223. The first kappa shape index (κ1) is 12.6. The average Bonchev–Trinajstić information content (AvgIpc) is 2.46. The van der Waals surface area contributed by atoms with Crippen LogP contribution in [0.3, 0.4) is 0 Å². The van der Waals surface area contributed by atoms with E-state index >= 15 is 0 Å². The largest absolute Gasteiger partial charge is 0.453 e. The lowest BCUT2D eigenvalue weighted by molar-refractivity contribution is -0.146. The minimum Gasteiger partial charge on any atom is -0.369 e. The van der Waals surface area contributed by atoms with Gasteiger partial charge in [-0.15, -0.1) is 10.2 Å². The Bertz CT molecular complexity index is 403. The van der Waals surface area contributed by atoms with Crippen molar-refractivity contribution in [1.29, 1.82) is 0 Å². The summed E-state index contributed by atoms with van der Waals surface area (Å²) in [6.07, 6.45) is -4.68. The van der Waals surface area contributed by atoms with Gasteiger partial charge in [0.05, 0.1) is 5.25 Å². The molecule has 1 rings (SSSR count). The molecule has 0 aromatic carbocycles. The van der Waals surface area contributed by atoms with Crippen molar-refractivity contribution in [3.8, 4) is 0 Å². The molecule has 0 saturated carbocycles. The molecule has 0 spiro atoms. The van der Waals surface area contributed by atoms with Crippen LogP contribution in [0.15, 0.2) is 5.16 Å². The second-order valence-electron chi connectivity index (χ2n) is 2.84. The number of nitrogen functional groups attached to an aromatic ring is 1. The molecule has 0 bridgehead atoms. The number of amides is 1. The molecule has 1 atom stereocenters. The van der Waals surface area contributed by atoms with Crippen molar-refractivity contribution < 1.29 is 18.0 Å². The first-order valence-electron chi connectivity index (χ1n) is 3.97. The fourth-order valence-corrected chi connectivity index (χ4v) is 1.49. The summed E-state index contributed by atoms with van der Waals surface area (Å²) in [7, 11) is 0. The molecule has 1 amide bonds. The molecule has 0 unspecified atom stereocenters. The average molecular weight is 255 g/mol. The summed E-state index contributed by atoms with van der Waals surface area (Å²) in [5.41, 5.74) is 4.95. The van der Waals surface area contributed by atoms with Gasteiger partial charge in [0.2, 0.25) is 11.1 Å². The Morgan fingerprint density at radius 1 is 1.50 bits per heavy atom. The molecule has 0 fully saturated rings. The highest BCUT2D eigenvalue weighted by Gasteiger charge is 2.38. The van der Waals surface area contributed by atoms with Gasteiger partial charge in [-0.25, -0.2) is 4.68 Å². The normalized spacial score (nSPS) is 13.8. The van der Waals surface area contributed by atoms with E-state index in [1.54, 1.807) is 0 Å². The van der Waals surface area contributed by atoms with E-state index < -0.39 is 23.2 Å². The zero-order valence-corrected chi connectivity index (χ0v) is 8.84. The number of carbonyl (C=O) groups is 1. The molecule has 4 N–H and O–H groups in total. The van der Waals surface area contributed by atoms with Crippen LogP contribution in [-0.2, 0) is 11.0 Å². The van der Waals surface area contributed by atoms with Crippen molar-refractivity contribution in [3.05, 3.63) is 5.82 Å². The zero-order chi connectivity index (χ0) is 12.5. The molecule has 1 aromatic heterocycles. The van der Waals surface area contributed by atoms with Crippen molar-refractivity contribution in [1.82, 2.24) is 14.9 Å². The van der Waals surface area contributed by atoms with Gasteiger partial charge < -0.3 is 11.6 Å². The van der Waals surface area contributed by atoms with Gasteiger partial charge in [0, 0.05) is 0 Å². The molecular formula is C6H8F3N5OS. The van der Waals surface area contributed by atoms with Gasteiger partial charge in [0.1, 0.15) is 0 Å². The summed E-state index contributed by atoms with van der Waals surface area (Å²) in [6, 6.07) is 0. The first-order chi connectivity index (χ1) is 7.23. The summed E-state index contributed by atoms with van der Waals surface area (Å²) in [6.45, 7) is 1.43. The SMILES string of the molecule is C[C@@H](Sc1nnc(C(F)(F)F)n1N)C(N)=O. The monoisotopic (exact) mass is 255 g/mol. The fraction of sp³-hybridized carbons (Fsp3) is 0.500. The molecular weight excluding hydrogens is 247 g/mol. The number of primary amides is 1. The van der Waals surface area contributed by atoms with Gasteiger partial charge >= 0.3 is 6.18 Å². The highest BCUT2D eigenvalue weighted by Crippen LogP contribution is 2.29. The van der Waals surface area contributed by atoms with Crippen LogP contribution in [0.1, 0.15) is 12.7 Å². The lowest BCUT2D eigenvalue weighted by atomic mass is 10.5.